The Hall–Kier alpha value is -3.67. The Morgan fingerprint density at radius 2 is 1.52 bits per heavy atom. The quantitative estimate of drug-likeness (QED) is 0.629. The van der Waals surface area contributed by atoms with Gasteiger partial charge in [0.25, 0.3) is 0 Å². The van der Waals surface area contributed by atoms with Crippen LogP contribution in [0, 0.1) is 5.82 Å². The van der Waals surface area contributed by atoms with Crippen LogP contribution in [0.3, 0.4) is 0 Å². The van der Waals surface area contributed by atoms with Crippen LogP contribution in [0.4, 0.5) is 9.18 Å². The predicted molar refractivity (Wildman–Crippen MR) is 114 cm³/mol. The number of rotatable bonds is 6. The molecule has 0 aromatic heterocycles. The topological polar surface area (TPSA) is 66.8 Å². The van der Waals surface area contributed by atoms with Gasteiger partial charge < -0.3 is 9.84 Å². The van der Waals surface area contributed by atoms with Crippen LogP contribution < -0.4 is 0 Å². The highest BCUT2D eigenvalue weighted by Crippen LogP contribution is 2.44. The SMILES string of the molecule is CN(C(=O)OCC1c2ccccc2-c2ccccc21)[C@@H](Cc1ccccc1F)C(=O)O. The Balaban J connectivity index is 1.49. The van der Waals surface area contributed by atoms with Crippen LogP contribution in [0.15, 0.2) is 72.8 Å². The molecule has 1 aliphatic carbocycles. The van der Waals surface area contributed by atoms with Crippen LogP contribution in [-0.4, -0.2) is 41.8 Å². The fourth-order valence-corrected chi connectivity index (χ4v) is 4.09. The van der Waals surface area contributed by atoms with Gasteiger partial charge in [0.05, 0.1) is 0 Å². The van der Waals surface area contributed by atoms with Gasteiger partial charge >= 0.3 is 12.1 Å². The van der Waals surface area contributed by atoms with Gasteiger partial charge in [-0.15, -0.1) is 0 Å². The molecule has 4 rings (SSSR count). The number of fused-ring (bicyclic) bond motifs is 3. The number of aliphatic carboxylic acids is 1. The van der Waals surface area contributed by atoms with E-state index < -0.39 is 23.9 Å². The van der Waals surface area contributed by atoms with Gasteiger partial charge in [0.2, 0.25) is 0 Å². The Kier molecular flexibility index (Phi) is 5.71. The van der Waals surface area contributed by atoms with Crippen molar-refractivity contribution >= 4 is 12.1 Å². The van der Waals surface area contributed by atoms with E-state index in [-0.39, 0.29) is 24.5 Å². The third-order valence-electron chi connectivity index (χ3n) is 5.75. The van der Waals surface area contributed by atoms with Gasteiger partial charge in [0, 0.05) is 19.4 Å². The van der Waals surface area contributed by atoms with Crippen molar-refractivity contribution in [2.75, 3.05) is 13.7 Å². The number of carbonyl (C=O) groups is 2. The van der Waals surface area contributed by atoms with E-state index in [1.54, 1.807) is 6.07 Å². The Bertz CT molecular complexity index is 1080. The largest absolute Gasteiger partial charge is 0.480 e. The minimum atomic E-state index is -1.24. The number of likely N-dealkylation sites (N-methyl/N-ethyl adjacent to an activating group) is 1. The highest BCUT2D eigenvalue weighted by Gasteiger charge is 2.32. The van der Waals surface area contributed by atoms with Crippen molar-refractivity contribution in [1.82, 2.24) is 4.90 Å². The lowest BCUT2D eigenvalue weighted by Gasteiger charge is -2.25. The standard InChI is InChI=1S/C25H22FNO4/c1-27(23(24(28)29)14-16-8-2-7-13-22(16)26)25(30)31-15-21-19-11-5-3-9-17(19)18-10-4-6-12-20(18)21/h2-13,21,23H,14-15H2,1H3,(H,28,29)/t23-/m0/s1. The molecule has 0 unspecified atom stereocenters. The van der Waals surface area contributed by atoms with Gasteiger partial charge in [-0.05, 0) is 33.9 Å². The van der Waals surface area contributed by atoms with Crippen LogP contribution in [0.1, 0.15) is 22.6 Å². The fraction of sp³-hybridized carbons (Fsp3) is 0.200. The number of carboxylic acids is 1. The number of benzene rings is 3. The van der Waals surface area contributed by atoms with Crippen molar-refractivity contribution < 1.29 is 23.8 Å². The summed E-state index contributed by atoms with van der Waals surface area (Å²) in [6.07, 6.45) is -0.909. The molecule has 0 heterocycles. The lowest BCUT2D eigenvalue weighted by Crippen LogP contribution is -2.44. The lowest BCUT2D eigenvalue weighted by molar-refractivity contribution is -0.142. The average Bonchev–Trinajstić information content (AvgIpc) is 3.10. The minimum Gasteiger partial charge on any atom is -0.480 e. The van der Waals surface area contributed by atoms with Gasteiger partial charge in [-0.25, -0.2) is 14.0 Å². The Labute approximate surface area is 179 Å². The van der Waals surface area contributed by atoms with Crippen LogP contribution in [0.5, 0.6) is 0 Å². The highest BCUT2D eigenvalue weighted by atomic mass is 19.1. The minimum absolute atomic E-state index is 0.0865. The molecule has 3 aromatic carbocycles. The number of nitrogens with zero attached hydrogens (tertiary/aromatic N) is 1. The van der Waals surface area contributed by atoms with Crippen LogP contribution in [0.25, 0.3) is 11.1 Å². The highest BCUT2D eigenvalue weighted by molar-refractivity contribution is 5.81. The molecule has 5 nitrogen and oxygen atoms in total. The number of ether oxygens (including phenoxy) is 1. The summed E-state index contributed by atoms with van der Waals surface area (Å²) in [5.74, 6) is -1.85. The second-order valence-electron chi connectivity index (χ2n) is 7.56. The van der Waals surface area contributed by atoms with E-state index in [0.717, 1.165) is 27.2 Å². The number of hydrogen-bond acceptors (Lipinski definition) is 3. The fourth-order valence-electron chi connectivity index (χ4n) is 4.09. The molecule has 158 valence electrons. The maximum atomic E-state index is 14.0. The molecule has 0 spiro atoms. The van der Waals surface area contributed by atoms with Gasteiger partial charge in [-0.2, -0.15) is 0 Å². The predicted octanol–water partition coefficient (Wildman–Crippen LogP) is 4.70. The molecule has 1 atom stereocenters. The monoisotopic (exact) mass is 419 g/mol. The molecule has 0 saturated heterocycles. The normalized spacial score (nSPS) is 13.2. The smallest absolute Gasteiger partial charge is 0.410 e. The van der Waals surface area contributed by atoms with Crippen molar-refractivity contribution in [2.24, 2.45) is 0 Å². The second-order valence-corrected chi connectivity index (χ2v) is 7.56. The van der Waals surface area contributed by atoms with Crippen LogP contribution in [0.2, 0.25) is 0 Å². The van der Waals surface area contributed by atoms with Gasteiger partial charge in [0.1, 0.15) is 18.5 Å². The molecule has 6 heteroatoms. The van der Waals surface area contributed by atoms with Crippen LogP contribution >= 0.6 is 0 Å². The van der Waals surface area contributed by atoms with E-state index in [4.69, 9.17) is 4.74 Å². The number of amides is 1. The Morgan fingerprint density at radius 3 is 2.10 bits per heavy atom. The molecule has 0 fully saturated rings. The summed E-state index contributed by atoms with van der Waals surface area (Å²) in [7, 11) is 1.36. The summed E-state index contributed by atoms with van der Waals surface area (Å²) in [5.41, 5.74) is 4.58. The zero-order valence-corrected chi connectivity index (χ0v) is 17.0. The number of hydrogen-bond donors (Lipinski definition) is 1. The second kappa shape index (κ2) is 8.60. The molecule has 0 saturated carbocycles. The molecule has 1 amide bonds. The summed E-state index contributed by atoms with van der Waals surface area (Å²) in [6, 6.07) is 20.6. The van der Waals surface area contributed by atoms with E-state index in [2.05, 4.69) is 0 Å². The summed E-state index contributed by atoms with van der Waals surface area (Å²) in [6.45, 7) is 0.0865. The third kappa shape index (κ3) is 4.01. The van der Waals surface area contributed by atoms with Crippen molar-refractivity contribution in [1.29, 1.82) is 0 Å². The summed E-state index contributed by atoms with van der Waals surface area (Å²) < 4.78 is 19.5. The van der Waals surface area contributed by atoms with E-state index in [1.165, 1.54) is 25.2 Å². The molecule has 3 aromatic rings. The first kappa shape index (κ1) is 20.6. The zero-order chi connectivity index (χ0) is 22.0. The Morgan fingerprint density at radius 1 is 0.968 bits per heavy atom. The van der Waals surface area contributed by atoms with Crippen LogP contribution in [-0.2, 0) is 16.0 Å². The van der Waals surface area contributed by atoms with E-state index in [1.807, 2.05) is 48.5 Å². The summed E-state index contributed by atoms with van der Waals surface area (Å²) in [5, 5.41) is 9.61. The average molecular weight is 419 g/mol. The zero-order valence-electron chi connectivity index (χ0n) is 17.0. The first-order valence-electron chi connectivity index (χ1n) is 10.0. The van der Waals surface area contributed by atoms with Crippen molar-refractivity contribution in [3.8, 4) is 11.1 Å². The van der Waals surface area contributed by atoms with Crippen molar-refractivity contribution in [3.05, 3.63) is 95.3 Å². The van der Waals surface area contributed by atoms with Gasteiger partial charge in [0.15, 0.2) is 0 Å². The van der Waals surface area contributed by atoms with E-state index in [0.29, 0.717) is 0 Å². The molecule has 31 heavy (non-hydrogen) atoms. The molecule has 1 N–H and O–H groups in total. The summed E-state index contributed by atoms with van der Waals surface area (Å²) in [4.78, 5) is 25.5. The molecular formula is C25H22FNO4. The van der Waals surface area contributed by atoms with Gasteiger partial charge in [-0.1, -0.05) is 66.7 Å². The third-order valence-corrected chi connectivity index (χ3v) is 5.75. The number of carboxylic acid groups (broad SMARTS) is 1. The first-order valence-corrected chi connectivity index (χ1v) is 10.0. The van der Waals surface area contributed by atoms with Gasteiger partial charge in [-0.3, -0.25) is 4.90 Å². The number of halogens is 1. The maximum absolute atomic E-state index is 14.0. The van der Waals surface area contributed by atoms with Crippen molar-refractivity contribution in [3.63, 3.8) is 0 Å². The van der Waals surface area contributed by atoms with E-state index in [9.17, 15) is 19.1 Å². The molecule has 1 aliphatic rings. The maximum Gasteiger partial charge on any atom is 0.410 e. The number of carbonyl (C=O) groups excluding carboxylic acids is 1. The van der Waals surface area contributed by atoms with Crippen molar-refractivity contribution in [2.45, 2.75) is 18.4 Å². The molecule has 0 bridgehead atoms. The first-order chi connectivity index (χ1) is 15.0. The molecule has 0 radical (unpaired) electrons. The van der Waals surface area contributed by atoms with E-state index >= 15 is 0 Å². The molecule has 0 aliphatic heterocycles. The summed E-state index contributed by atoms with van der Waals surface area (Å²) >= 11 is 0. The molecular weight excluding hydrogens is 397 g/mol. The lowest BCUT2D eigenvalue weighted by atomic mass is 9.98.